The molecule has 0 N–H and O–H groups in total. The van der Waals surface area contributed by atoms with E-state index in [4.69, 9.17) is 19.4 Å². The van der Waals surface area contributed by atoms with Crippen molar-refractivity contribution in [1.82, 2.24) is 15.0 Å². The molecule has 2 fully saturated rings. The van der Waals surface area contributed by atoms with Gasteiger partial charge in [-0.2, -0.15) is 0 Å². The fourth-order valence-corrected chi connectivity index (χ4v) is 12.4. The van der Waals surface area contributed by atoms with E-state index in [1.165, 1.54) is 71.0 Å². The van der Waals surface area contributed by atoms with E-state index in [-0.39, 0.29) is 5.41 Å². The molecule has 4 heteroatoms. The van der Waals surface area contributed by atoms with E-state index in [1.54, 1.807) is 0 Å². The molecule has 12 rings (SSSR count). The minimum atomic E-state index is -0.638. The van der Waals surface area contributed by atoms with E-state index in [2.05, 4.69) is 153 Å². The highest BCUT2D eigenvalue weighted by Gasteiger charge is 2.49. The van der Waals surface area contributed by atoms with Crippen LogP contribution in [-0.4, -0.2) is 15.0 Å². The number of furan rings is 1. The van der Waals surface area contributed by atoms with Gasteiger partial charge >= 0.3 is 0 Å². The summed E-state index contributed by atoms with van der Waals surface area (Å²) in [5, 5.41) is 2.11. The van der Waals surface area contributed by atoms with Crippen LogP contribution >= 0.6 is 0 Å². The Morgan fingerprint density at radius 1 is 0.459 bits per heavy atom. The van der Waals surface area contributed by atoms with Gasteiger partial charge in [0.1, 0.15) is 11.2 Å². The van der Waals surface area contributed by atoms with Crippen LogP contribution in [0.1, 0.15) is 73.8 Å². The molecule has 2 unspecified atom stereocenters. The fraction of sp³-hybridized carbons (Fsp3) is 0.211. The molecule has 2 bridgehead atoms. The monoisotopic (exact) mass is 789 g/mol. The number of para-hydroxylation sites is 2. The van der Waals surface area contributed by atoms with Crippen LogP contribution < -0.4 is 0 Å². The van der Waals surface area contributed by atoms with Gasteiger partial charge in [0.25, 0.3) is 0 Å². The standard InChI is InChI=1S/C57H47N3O/c1-36-31-38-32-37(2)34-56(33-36,35-38)40-27-29-42(30-28-40)57(41-17-7-4-8-18-41)49-25-11-9-19-43(49)45-21-13-23-47(51(45)57)54-58-53(39-15-5-3-6-16-39)59-55(60-54)48-24-14-22-46-44-20-10-12-26-50(44)61-52(46)48/h3-30,36-38H,31-35H2,1-2H3/t36-,37+,38-,56?,57?. The lowest BCUT2D eigenvalue weighted by Gasteiger charge is -2.50. The van der Waals surface area contributed by atoms with Crippen LogP contribution in [0.3, 0.4) is 0 Å². The van der Waals surface area contributed by atoms with Crippen molar-refractivity contribution in [2.45, 2.75) is 56.8 Å². The smallest absolute Gasteiger partial charge is 0.167 e. The number of benzene rings is 7. The van der Waals surface area contributed by atoms with Crippen molar-refractivity contribution in [1.29, 1.82) is 0 Å². The largest absolute Gasteiger partial charge is 0.455 e. The lowest BCUT2D eigenvalue weighted by molar-refractivity contribution is 0.0780. The van der Waals surface area contributed by atoms with Crippen LogP contribution in [0.5, 0.6) is 0 Å². The first-order valence-corrected chi connectivity index (χ1v) is 22.1. The Bertz CT molecular complexity index is 3100. The summed E-state index contributed by atoms with van der Waals surface area (Å²) < 4.78 is 6.58. The summed E-state index contributed by atoms with van der Waals surface area (Å²) in [6, 6.07) is 61.5. The van der Waals surface area contributed by atoms with E-state index >= 15 is 0 Å². The fourth-order valence-electron chi connectivity index (χ4n) is 12.4. The zero-order valence-corrected chi connectivity index (χ0v) is 34.7. The van der Waals surface area contributed by atoms with Gasteiger partial charge in [-0.05, 0) is 106 Å². The Balaban J connectivity index is 1.11. The van der Waals surface area contributed by atoms with Gasteiger partial charge in [-0.1, -0.05) is 172 Å². The maximum absolute atomic E-state index is 6.58. The zero-order chi connectivity index (χ0) is 40.7. The van der Waals surface area contributed by atoms with Gasteiger partial charge in [0.15, 0.2) is 17.5 Å². The molecule has 5 atom stereocenters. The summed E-state index contributed by atoms with van der Waals surface area (Å²) in [5.74, 6) is 4.17. The molecule has 3 aliphatic rings. The second kappa shape index (κ2) is 14.0. The molecular formula is C57H47N3O. The zero-order valence-electron chi connectivity index (χ0n) is 34.7. The molecule has 9 aromatic rings. The minimum Gasteiger partial charge on any atom is -0.455 e. The predicted octanol–water partition coefficient (Wildman–Crippen LogP) is 14.2. The summed E-state index contributed by atoms with van der Waals surface area (Å²) in [6.07, 6.45) is 6.61. The molecule has 0 radical (unpaired) electrons. The maximum Gasteiger partial charge on any atom is 0.167 e. The lowest BCUT2D eigenvalue weighted by atomic mass is 9.54. The van der Waals surface area contributed by atoms with E-state index in [9.17, 15) is 0 Å². The average molecular weight is 790 g/mol. The van der Waals surface area contributed by atoms with Gasteiger partial charge in [-0.15, -0.1) is 0 Å². The number of nitrogens with zero attached hydrogens (tertiary/aromatic N) is 3. The second-order valence-corrected chi connectivity index (χ2v) is 18.4. The Morgan fingerprint density at radius 3 is 1.80 bits per heavy atom. The van der Waals surface area contributed by atoms with Gasteiger partial charge in [-0.25, -0.2) is 15.0 Å². The van der Waals surface area contributed by atoms with Crippen LogP contribution in [0.25, 0.3) is 67.2 Å². The van der Waals surface area contributed by atoms with Crippen molar-refractivity contribution in [2.75, 3.05) is 0 Å². The summed E-state index contributed by atoms with van der Waals surface area (Å²) in [5.41, 5.74) is 12.9. The Hall–Kier alpha value is -6.65. The third kappa shape index (κ3) is 5.61. The van der Waals surface area contributed by atoms with Crippen LogP contribution in [0.2, 0.25) is 0 Å². The summed E-state index contributed by atoms with van der Waals surface area (Å²) in [4.78, 5) is 16.1. The van der Waals surface area contributed by atoms with Gasteiger partial charge in [0, 0.05) is 21.9 Å². The average Bonchev–Trinajstić information content (AvgIpc) is 3.83. The van der Waals surface area contributed by atoms with Crippen molar-refractivity contribution in [3.8, 4) is 45.3 Å². The number of rotatable bonds is 6. The van der Waals surface area contributed by atoms with Crippen molar-refractivity contribution in [2.24, 2.45) is 17.8 Å². The Kier molecular flexibility index (Phi) is 8.29. The summed E-state index contributed by atoms with van der Waals surface area (Å²) in [6.45, 7) is 4.97. The minimum absolute atomic E-state index is 0.243. The highest BCUT2D eigenvalue weighted by molar-refractivity contribution is 6.09. The summed E-state index contributed by atoms with van der Waals surface area (Å²) in [7, 11) is 0. The van der Waals surface area contributed by atoms with E-state index in [0.717, 1.165) is 56.4 Å². The maximum atomic E-state index is 6.58. The summed E-state index contributed by atoms with van der Waals surface area (Å²) >= 11 is 0. The highest BCUT2D eigenvalue weighted by Crippen LogP contribution is 2.59. The van der Waals surface area contributed by atoms with Gasteiger partial charge < -0.3 is 4.42 Å². The highest BCUT2D eigenvalue weighted by atomic mass is 16.3. The van der Waals surface area contributed by atoms with Crippen LogP contribution in [0.4, 0.5) is 0 Å². The predicted molar refractivity (Wildman–Crippen MR) is 247 cm³/mol. The second-order valence-electron chi connectivity index (χ2n) is 18.4. The molecule has 0 saturated heterocycles. The molecule has 3 aliphatic carbocycles. The first kappa shape index (κ1) is 36.2. The number of fused-ring (bicyclic) bond motifs is 8. The Morgan fingerprint density at radius 2 is 1.02 bits per heavy atom. The lowest BCUT2D eigenvalue weighted by Crippen LogP contribution is -2.42. The Labute approximate surface area is 357 Å². The van der Waals surface area contributed by atoms with Gasteiger partial charge in [-0.3, -0.25) is 0 Å². The van der Waals surface area contributed by atoms with Crippen LogP contribution in [-0.2, 0) is 10.8 Å². The van der Waals surface area contributed by atoms with Crippen LogP contribution in [0, 0.1) is 17.8 Å². The van der Waals surface area contributed by atoms with E-state index in [0.29, 0.717) is 17.5 Å². The van der Waals surface area contributed by atoms with Gasteiger partial charge in [0.2, 0.25) is 0 Å². The molecule has 0 amide bonds. The molecule has 2 saturated carbocycles. The number of aromatic nitrogens is 3. The molecule has 7 aromatic carbocycles. The quantitative estimate of drug-likeness (QED) is 0.168. The van der Waals surface area contributed by atoms with Crippen molar-refractivity contribution in [3.63, 3.8) is 0 Å². The number of hydrogen-bond donors (Lipinski definition) is 0. The molecule has 296 valence electrons. The molecule has 0 spiro atoms. The topological polar surface area (TPSA) is 51.8 Å². The van der Waals surface area contributed by atoms with Crippen molar-refractivity contribution >= 4 is 21.9 Å². The third-order valence-corrected chi connectivity index (χ3v) is 14.4. The molecule has 61 heavy (non-hydrogen) atoms. The molecular weight excluding hydrogens is 743 g/mol. The molecule has 2 aromatic heterocycles. The number of hydrogen-bond acceptors (Lipinski definition) is 4. The SMILES string of the molecule is C[C@@H]1C[C@@H]2C[C@H](C)CC(c3ccc(C4(c5ccccc5)c5ccccc5-c5cccc(-c6nc(-c7ccccc7)nc(-c7cccc8c7oc7ccccc78)n6)c54)cc3)(C1)C2. The van der Waals surface area contributed by atoms with E-state index in [1.807, 2.05) is 30.3 Å². The van der Waals surface area contributed by atoms with E-state index < -0.39 is 5.41 Å². The molecule has 4 nitrogen and oxygen atoms in total. The third-order valence-electron chi connectivity index (χ3n) is 14.4. The first-order valence-electron chi connectivity index (χ1n) is 22.1. The van der Waals surface area contributed by atoms with Crippen LogP contribution in [0.15, 0.2) is 174 Å². The van der Waals surface area contributed by atoms with Crippen molar-refractivity contribution < 1.29 is 4.42 Å². The first-order chi connectivity index (χ1) is 30.0. The van der Waals surface area contributed by atoms with Crippen molar-refractivity contribution in [3.05, 3.63) is 198 Å². The molecule has 2 heterocycles. The molecule has 0 aliphatic heterocycles. The normalized spacial score (nSPS) is 22.9. The van der Waals surface area contributed by atoms with Gasteiger partial charge in [0.05, 0.1) is 11.0 Å².